The molecule has 174 valence electrons. The standard InChI is InChI=1S/C31H35N3/c32-10-4-3-6-26-27-15-25(31-16-20-11-21(17-31)13-22(12-20)18-31)8-9-29(27)34-30(26)24-14-23-5-1-2-7-28(23)33-19-24/h1-2,5,7-9,14-15,19-22,34H,3-4,6,10-13,16-18,32H2. The summed E-state index contributed by atoms with van der Waals surface area (Å²) in [5.74, 6) is 2.91. The zero-order valence-electron chi connectivity index (χ0n) is 20.0. The lowest BCUT2D eigenvalue weighted by atomic mass is 9.48. The first kappa shape index (κ1) is 20.7. The Morgan fingerprint density at radius 2 is 1.68 bits per heavy atom. The van der Waals surface area contributed by atoms with Crippen LogP contribution in [0.25, 0.3) is 33.1 Å². The Morgan fingerprint density at radius 1 is 0.912 bits per heavy atom. The zero-order chi connectivity index (χ0) is 22.7. The molecule has 3 heteroatoms. The molecule has 0 unspecified atom stereocenters. The number of rotatable bonds is 6. The van der Waals surface area contributed by atoms with E-state index in [0.717, 1.165) is 49.1 Å². The van der Waals surface area contributed by atoms with E-state index >= 15 is 0 Å². The summed E-state index contributed by atoms with van der Waals surface area (Å²) in [6.45, 7) is 0.758. The van der Waals surface area contributed by atoms with E-state index in [9.17, 15) is 0 Å². The van der Waals surface area contributed by atoms with Crippen molar-refractivity contribution in [3.8, 4) is 11.3 Å². The van der Waals surface area contributed by atoms with Gasteiger partial charge in [0.2, 0.25) is 0 Å². The lowest BCUT2D eigenvalue weighted by Crippen LogP contribution is -2.48. The average molecular weight is 450 g/mol. The average Bonchev–Trinajstić information content (AvgIpc) is 3.21. The highest BCUT2D eigenvalue weighted by Crippen LogP contribution is 2.61. The smallest absolute Gasteiger partial charge is 0.0702 e. The number of H-pyrrole nitrogens is 1. The maximum absolute atomic E-state index is 5.87. The van der Waals surface area contributed by atoms with Crippen molar-refractivity contribution in [1.82, 2.24) is 9.97 Å². The molecular formula is C31H35N3. The molecule has 8 rings (SSSR count). The normalized spacial score (nSPS) is 27.7. The molecule has 0 radical (unpaired) electrons. The second kappa shape index (κ2) is 7.95. The summed E-state index contributed by atoms with van der Waals surface area (Å²) in [7, 11) is 0. The first-order chi connectivity index (χ1) is 16.7. The molecule has 4 bridgehead atoms. The zero-order valence-corrected chi connectivity index (χ0v) is 20.0. The van der Waals surface area contributed by atoms with Gasteiger partial charge in [0, 0.05) is 28.0 Å². The van der Waals surface area contributed by atoms with Gasteiger partial charge in [-0.15, -0.1) is 0 Å². The predicted octanol–water partition coefficient (Wildman–Crippen LogP) is 7.13. The summed E-state index contributed by atoms with van der Waals surface area (Å²) in [6, 6.07) is 18.1. The fourth-order valence-electron chi connectivity index (χ4n) is 8.20. The topological polar surface area (TPSA) is 54.7 Å². The van der Waals surface area contributed by atoms with Crippen LogP contribution in [0.15, 0.2) is 54.7 Å². The van der Waals surface area contributed by atoms with E-state index in [0.29, 0.717) is 5.41 Å². The van der Waals surface area contributed by atoms with Gasteiger partial charge in [-0.2, -0.15) is 0 Å². The molecule has 4 aliphatic rings. The second-order valence-corrected chi connectivity index (χ2v) is 11.6. The quantitative estimate of drug-likeness (QED) is 0.308. The Hall–Kier alpha value is -2.65. The number of pyridine rings is 1. The Balaban J connectivity index is 1.35. The maximum Gasteiger partial charge on any atom is 0.0702 e. The molecule has 3 N–H and O–H groups in total. The van der Waals surface area contributed by atoms with Crippen molar-refractivity contribution in [2.75, 3.05) is 6.54 Å². The fourth-order valence-corrected chi connectivity index (χ4v) is 8.20. The highest BCUT2D eigenvalue weighted by molar-refractivity contribution is 5.93. The van der Waals surface area contributed by atoms with Crippen LogP contribution in [0, 0.1) is 17.8 Å². The number of fused-ring (bicyclic) bond motifs is 2. The predicted molar refractivity (Wildman–Crippen MR) is 141 cm³/mol. The highest BCUT2D eigenvalue weighted by Gasteiger charge is 2.51. The molecule has 2 heterocycles. The summed E-state index contributed by atoms with van der Waals surface area (Å²) >= 11 is 0. The van der Waals surface area contributed by atoms with Crippen molar-refractivity contribution in [3.63, 3.8) is 0 Å². The van der Waals surface area contributed by atoms with Gasteiger partial charge < -0.3 is 10.7 Å². The third-order valence-corrected chi connectivity index (χ3v) is 9.32. The Labute approximate surface area is 202 Å². The van der Waals surface area contributed by atoms with Crippen LogP contribution >= 0.6 is 0 Å². The Bertz CT molecular complexity index is 1330. The van der Waals surface area contributed by atoms with E-state index in [2.05, 4.69) is 53.5 Å². The summed E-state index contributed by atoms with van der Waals surface area (Å²) in [5.41, 5.74) is 14.1. The van der Waals surface area contributed by atoms with Gasteiger partial charge >= 0.3 is 0 Å². The van der Waals surface area contributed by atoms with E-state index in [1.54, 1.807) is 5.56 Å². The van der Waals surface area contributed by atoms with Gasteiger partial charge in [0.25, 0.3) is 0 Å². The van der Waals surface area contributed by atoms with Crippen LogP contribution < -0.4 is 5.73 Å². The van der Waals surface area contributed by atoms with E-state index in [1.807, 2.05) is 6.20 Å². The number of para-hydroxylation sites is 1. The third kappa shape index (κ3) is 3.32. The van der Waals surface area contributed by atoms with Crippen molar-refractivity contribution < 1.29 is 0 Å². The number of aryl methyl sites for hydroxylation is 1. The second-order valence-electron chi connectivity index (χ2n) is 11.6. The SMILES string of the molecule is NCCCCc1c(-c2cnc3ccccc3c2)[nH]c2ccc(C34CC5CC(CC(C5)C3)C4)cc12. The van der Waals surface area contributed by atoms with Crippen LogP contribution in [0.3, 0.4) is 0 Å². The van der Waals surface area contributed by atoms with Crippen LogP contribution in [0.1, 0.15) is 62.5 Å². The number of nitrogens with two attached hydrogens (primary N) is 1. The molecule has 2 aromatic heterocycles. The number of nitrogens with zero attached hydrogens (tertiary/aromatic N) is 1. The summed E-state index contributed by atoms with van der Waals surface area (Å²) in [4.78, 5) is 8.57. The van der Waals surface area contributed by atoms with Crippen molar-refractivity contribution >= 4 is 21.8 Å². The van der Waals surface area contributed by atoms with Crippen LogP contribution in [-0.4, -0.2) is 16.5 Å². The number of aromatic amines is 1. The minimum atomic E-state index is 0.430. The van der Waals surface area contributed by atoms with Gasteiger partial charge in [-0.25, -0.2) is 0 Å². The van der Waals surface area contributed by atoms with Gasteiger partial charge in [0.1, 0.15) is 0 Å². The third-order valence-electron chi connectivity index (χ3n) is 9.32. The van der Waals surface area contributed by atoms with Gasteiger partial charge in [-0.1, -0.05) is 24.3 Å². The maximum atomic E-state index is 5.87. The molecular weight excluding hydrogens is 414 g/mol. The van der Waals surface area contributed by atoms with Crippen molar-refractivity contribution in [2.45, 2.75) is 63.2 Å². The van der Waals surface area contributed by atoms with Crippen molar-refractivity contribution in [3.05, 3.63) is 65.9 Å². The van der Waals surface area contributed by atoms with Crippen molar-refractivity contribution in [1.29, 1.82) is 0 Å². The summed E-state index contributed by atoms with van der Waals surface area (Å²) in [5, 5.41) is 2.62. The molecule has 0 saturated heterocycles. The van der Waals surface area contributed by atoms with E-state index in [4.69, 9.17) is 10.7 Å². The number of nitrogens with one attached hydrogen (secondary N) is 1. The molecule has 3 nitrogen and oxygen atoms in total. The minimum absolute atomic E-state index is 0.430. The van der Waals surface area contributed by atoms with Gasteiger partial charge in [0.05, 0.1) is 11.2 Å². The lowest BCUT2D eigenvalue weighted by Gasteiger charge is -2.57. The summed E-state index contributed by atoms with van der Waals surface area (Å²) < 4.78 is 0. The van der Waals surface area contributed by atoms with Crippen molar-refractivity contribution in [2.24, 2.45) is 23.5 Å². The minimum Gasteiger partial charge on any atom is -0.354 e. The van der Waals surface area contributed by atoms with Gasteiger partial charge in [-0.3, -0.25) is 4.98 Å². The Morgan fingerprint density at radius 3 is 2.44 bits per heavy atom. The van der Waals surface area contributed by atoms with E-state index in [-0.39, 0.29) is 0 Å². The molecule has 34 heavy (non-hydrogen) atoms. The van der Waals surface area contributed by atoms with Gasteiger partial charge in [0.15, 0.2) is 0 Å². The van der Waals surface area contributed by atoms with Crippen LogP contribution in [0.5, 0.6) is 0 Å². The van der Waals surface area contributed by atoms with E-state index < -0.39 is 0 Å². The first-order valence-electron chi connectivity index (χ1n) is 13.4. The number of unbranched alkanes of at least 4 members (excludes halogenated alkanes) is 1. The summed E-state index contributed by atoms with van der Waals surface area (Å²) in [6.07, 6.45) is 14.0. The number of hydrogen-bond donors (Lipinski definition) is 2. The molecule has 4 aromatic rings. The molecule has 0 amide bonds. The first-order valence-corrected chi connectivity index (χ1v) is 13.4. The molecule has 2 aromatic carbocycles. The Kier molecular flexibility index (Phi) is 4.84. The van der Waals surface area contributed by atoms with Gasteiger partial charge in [-0.05, 0) is 123 Å². The van der Waals surface area contributed by atoms with Crippen LogP contribution in [0.4, 0.5) is 0 Å². The lowest BCUT2D eigenvalue weighted by molar-refractivity contribution is -0.00513. The molecule has 4 saturated carbocycles. The molecule has 0 spiro atoms. The molecule has 4 fully saturated rings. The molecule has 4 aliphatic carbocycles. The number of benzene rings is 2. The van der Waals surface area contributed by atoms with Crippen LogP contribution in [0.2, 0.25) is 0 Å². The monoisotopic (exact) mass is 449 g/mol. The van der Waals surface area contributed by atoms with E-state index in [1.165, 1.54) is 71.6 Å². The molecule has 0 aliphatic heterocycles. The number of aromatic nitrogens is 2. The highest BCUT2D eigenvalue weighted by atomic mass is 14.7. The number of hydrogen-bond acceptors (Lipinski definition) is 2. The fraction of sp³-hybridized carbons (Fsp3) is 0.452. The van der Waals surface area contributed by atoms with Crippen LogP contribution in [-0.2, 0) is 11.8 Å². The molecule has 0 atom stereocenters. The largest absolute Gasteiger partial charge is 0.354 e.